The molecule has 1 heterocycles. The van der Waals surface area contributed by atoms with Crippen LogP contribution in [-0.4, -0.2) is 64.8 Å². The number of fused-ring (bicyclic) bond motifs is 1. The molecule has 5 atom stereocenters. The summed E-state index contributed by atoms with van der Waals surface area (Å²) in [7, 11) is 1.67. The molecule has 1 aromatic carbocycles. The topological polar surface area (TPSA) is 73.2 Å². The van der Waals surface area contributed by atoms with Gasteiger partial charge >= 0.3 is 0 Å². The summed E-state index contributed by atoms with van der Waals surface area (Å²) in [6, 6.07) is 6.30. The van der Waals surface area contributed by atoms with Crippen LogP contribution in [0.5, 0.6) is 5.75 Å². The molecular weight excluding hydrogens is 342 g/mol. The highest BCUT2D eigenvalue weighted by molar-refractivity contribution is 5.48. The first-order valence-electron chi connectivity index (χ1n) is 10.4. The van der Waals surface area contributed by atoms with E-state index in [9.17, 15) is 15.3 Å². The normalized spacial score (nSPS) is 41.0. The van der Waals surface area contributed by atoms with E-state index < -0.39 is 17.1 Å². The van der Waals surface area contributed by atoms with Gasteiger partial charge in [0.2, 0.25) is 0 Å². The van der Waals surface area contributed by atoms with Crippen molar-refractivity contribution in [1.82, 2.24) is 4.90 Å². The lowest BCUT2D eigenvalue weighted by Crippen LogP contribution is -2.75. The van der Waals surface area contributed by atoms with Crippen LogP contribution in [0.3, 0.4) is 0 Å². The molecule has 0 amide bonds. The van der Waals surface area contributed by atoms with Gasteiger partial charge in [0.05, 0.1) is 18.8 Å². The third-order valence-electron chi connectivity index (χ3n) is 7.99. The second-order valence-corrected chi connectivity index (χ2v) is 9.36. The Balaban J connectivity index is 1.63. The third kappa shape index (κ3) is 2.52. The van der Waals surface area contributed by atoms with Crippen LogP contribution in [0.2, 0.25) is 0 Å². The molecule has 0 spiro atoms. The third-order valence-corrected chi connectivity index (χ3v) is 7.99. The molecule has 3 fully saturated rings. The number of benzene rings is 1. The lowest BCUT2D eigenvalue weighted by atomic mass is 9.47. The molecule has 2 saturated carbocycles. The summed E-state index contributed by atoms with van der Waals surface area (Å²) in [5.74, 6) is 1.34. The van der Waals surface area contributed by atoms with E-state index in [1.165, 1.54) is 18.4 Å². The van der Waals surface area contributed by atoms with Gasteiger partial charge in [0, 0.05) is 30.5 Å². The Morgan fingerprint density at radius 2 is 2.07 bits per heavy atom. The number of piperidine rings is 1. The molecule has 5 nitrogen and oxygen atoms in total. The Morgan fingerprint density at radius 3 is 2.78 bits per heavy atom. The van der Waals surface area contributed by atoms with E-state index in [4.69, 9.17) is 4.74 Å². The van der Waals surface area contributed by atoms with Crippen LogP contribution in [0.15, 0.2) is 18.2 Å². The first-order chi connectivity index (χ1) is 13.0. The summed E-state index contributed by atoms with van der Waals surface area (Å²) >= 11 is 0. The number of likely N-dealkylation sites (tertiary alicyclic amines) is 1. The van der Waals surface area contributed by atoms with Crippen molar-refractivity contribution in [2.45, 2.75) is 61.7 Å². The van der Waals surface area contributed by atoms with Crippen LogP contribution in [0.1, 0.15) is 43.2 Å². The van der Waals surface area contributed by atoms with Crippen molar-refractivity contribution in [3.05, 3.63) is 29.3 Å². The van der Waals surface area contributed by atoms with Crippen LogP contribution in [0.25, 0.3) is 0 Å². The highest BCUT2D eigenvalue weighted by atomic mass is 16.5. The largest absolute Gasteiger partial charge is 0.497 e. The van der Waals surface area contributed by atoms with E-state index >= 15 is 0 Å². The molecule has 0 radical (unpaired) electrons. The van der Waals surface area contributed by atoms with Gasteiger partial charge in [-0.1, -0.05) is 6.07 Å². The molecule has 4 aliphatic rings. The van der Waals surface area contributed by atoms with Gasteiger partial charge in [-0.3, -0.25) is 4.90 Å². The SMILES string of the molecule is COc1ccc2c(c1)C13CCN(CC4CC4)C(C2)C1(O)CC(CO)C(O)C3. The highest BCUT2D eigenvalue weighted by Crippen LogP contribution is 2.59. The van der Waals surface area contributed by atoms with Gasteiger partial charge in [-0.2, -0.15) is 0 Å². The minimum absolute atomic E-state index is 0.0642. The number of aliphatic hydroxyl groups excluding tert-OH is 2. The molecule has 5 heteroatoms. The molecule has 0 aromatic heterocycles. The first kappa shape index (κ1) is 17.9. The molecule has 1 saturated heterocycles. The van der Waals surface area contributed by atoms with Gasteiger partial charge in [-0.15, -0.1) is 0 Å². The quantitative estimate of drug-likeness (QED) is 0.745. The minimum Gasteiger partial charge on any atom is -0.497 e. The summed E-state index contributed by atoms with van der Waals surface area (Å²) in [6.45, 7) is 1.97. The second kappa shape index (κ2) is 6.18. The van der Waals surface area contributed by atoms with Gasteiger partial charge in [0.15, 0.2) is 0 Å². The summed E-state index contributed by atoms with van der Waals surface area (Å²) in [4.78, 5) is 2.51. The molecule has 5 unspecified atom stereocenters. The standard InChI is InChI=1S/C22H31NO4/c1-27-17-5-4-15-8-20-22(26)10-16(13-24)19(25)11-21(22,18(15)9-17)6-7-23(20)12-14-2-3-14/h4-5,9,14,16,19-20,24-26H,2-3,6-8,10-13H2,1H3. The minimum atomic E-state index is -0.911. The predicted molar refractivity (Wildman–Crippen MR) is 102 cm³/mol. The summed E-state index contributed by atoms with van der Waals surface area (Å²) < 4.78 is 5.48. The van der Waals surface area contributed by atoms with E-state index in [2.05, 4.69) is 17.0 Å². The predicted octanol–water partition coefficient (Wildman–Crippen LogP) is 1.47. The zero-order valence-electron chi connectivity index (χ0n) is 16.1. The van der Waals surface area contributed by atoms with Crippen molar-refractivity contribution >= 4 is 0 Å². The van der Waals surface area contributed by atoms with Crippen LogP contribution < -0.4 is 4.74 Å². The average Bonchev–Trinajstić information content (AvgIpc) is 3.48. The maximum absolute atomic E-state index is 12.2. The van der Waals surface area contributed by atoms with Gasteiger partial charge in [0.25, 0.3) is 0 Å². The Morgan fingerprint density at radius 1 is 1.26 bits per heavy atom. The monoisotopic (exact) mass is 373 g/mol. The molecule has 3 N–H and O–H groups in total. The van der Waals surface area contributed by atoms with Crippen molar-refractivity contribution in [3.8, 4) is 5.75 Å². The molecule has 1 aromatic rings. The molecular formula is C22H31NO4. The number of hydrogen-bond acceptors (Lipinski definition) is 5. The van der Waals surface area contributed by atoms with E-state index in [0.29, 0.717) is 12.8 Å². The zero-order chi connectivity index (χ0) is 18.8. The highest BCUT2D eigenvalue weighted by Gasteiger charge is 2.66. The number of aliphatic hydroxyl groups is 3. The molecule has 3 aliphatic carbocycles. The Labute approximate surface area is 161 Å². The Hall–Kier alpha value is -1.14. The van der Waals surface area contributed by atoms with Gasteiger partial charge in [-0.25, -0.2) is 0 Å². The number of ether oxygens (including phenoxy) is 1. The Kier molecular flexibility index (Phi) is 4.10. The average molecular weight is 373 g/mol. The van der Waals surface area contributed by atoms with E-state index in [-0.39, 0.29) is 18.6 Å². The number of methoxy groups -OCH3 is 1. The van der Waals surface area contributed by atoms with Crippen LogP contribution in [0, 0.1) is 11.8 Å². The molecule has 148 valence electrons. The molecule has 1 aliphatic heterocycles. The molecule has 2 bridgehead atoms. The maximum Gasteiger partial charge on any atom is 0.119 e. The first-order valence-corrected chi connectivity index (χ1v) is 10.4. The fourth-order valence-electron chi connectivity index (χ4n) is 6.32. The summed E-state index contributed by atoms with van der Waals surface area (Å²) in [6.07, 6.45) is 4.69. The van der Waals surface area contributed by atoms with Crippen molar-refractivity contribution in [2.24, 2.45) is 11.8 Å². The van der Waals surface area contributed by atoms with E-state index in [0.717, 1.165) is 43.2 Å². The maximum atomic E-state index is 12.2. The fraction of sp³-hybridized carbons (Fsp3) is 0.727. The van der Waals surface area contributed by atoms with Crippen molar-refractivity contribution in [3.63, 3.8) is 0 Å². The van der Waals surface area contributed by atoms with Gasteiger partial charge in [-0.05, 0) is 74.2 Å². The second-order valence-electron chi connectivity index (χ2n) is 9.36. The van der Waals surface area contributed by atoms with Crippen molar-refractivity contribution in [1.29, 1.82) is 0 Å². The number of nitrogens with zero attached hydrogens (tertiary/aromatic N) is 1. The molecule has 27 heavy (non-hydrogen) atoms. The smallest absolute Gasteiger partial charge is 0.119 e. The fourth-order valence-corrected chi connectivity index (χ4v) is 6.32. The lowest BCUT2D eigenvalue weighted by Gasteiger charge is -2.65. The van der Waals surface area contributed by atoms with E-state index in [1.54, 1.807) is 7.11 Å². The van der Waals surface area contributed by atoms with Crippen LogP contribution >= 0.6 is 0 Å². The lowest BCUT2D eigenvalue weighted by molar-refractivity contribution is -0.201. The summed E-state index contributed by atoms with van der Waals surface area (Å²) in [5, 5.41) is 32.8. The zero-order valence-corrected chi connectivity index (χ0v) is 16.1. The van der Waals surface area contributed by atoms with Crippen LogP contribution in [0.4, 0.5) is 0 Å². The summed E-state index contributed by atoms with van der Waals surface area (Å²) in [5.41, 5.74) is 1.07. The van der Waals surface area contributed by atoms with Crippen molar-refractivity contribution < 1.29 is 20.1 Å². The van der Waals surface area contributed by atoms with Crippen molar-refractivity contribution in [2.75, 3.05) is 26.8 Å². The van der Waals surface area contributed by atoms with Crippen LogP contribution in [-0.2, 0) is 11.8 Å². The molecule has 5 rings (SSSR count). The van der Waals surface area contributed by atoms with Gasteiger partial charge in [0.1, 0.15) is 5.75 Å². The van der Waals surface area contributed by atoms with E-state index in [1.807, 2.05) is 6.07 Å². The number of rotatable bonds is 4. The van der Waals surface area contributed by atoms with Gasteiger partial charge < -0.3 is 20.1 Å². The number of hydrogen-bond donors (Lipinski definition) is 3. The Bertz CT molecular complexity index is 735.